The molecule has 0 heterocycles. The van der Waals surface area contributed by atoms with Crippen LogP contribution in [-0.2, 0) is 0 Å². The Morgan fingerprint density at radius 1 is 1.13 bits per heavy atom. The summed E-state index contributed by atoms with van der Waals surface area (Å²) in [5, 5.41) is 6.26. The second-order valence-corrected chi connectivity index (χ2v) is 5.99. The molecule has 1 atom stereocenters. The number of amides is 2. The summed E-state index contributed by atoms with van der Waals surface area (Å²) in [6.07, 6.45) is 0. The van der Waals surface area contributed by atoms with Crippen LogP contribution in [-0.4, -0.2) is 13.1 Å². The van der Waals surface area contributed by atoms with Gasteiger partial charge in [-0.25, -0.2) is 4.79 Å². The van der Waals surface area contributed by atoms with Crippen LogP contribution in [0.25, 0.3) is 0 Å². The molecule has 0 aliphatic heterocycles. The molecular weight excluding hydrogens is 312 g/mol. The summed E-state index contributed by atoms with van der Waals surface area (Å²) in [6.45, 7) is 4.14. The van der Waals surface area contributed by atoms with Gasteiger partial charge in [0.25, 0.3) is 0 Å². The lowest BCUT2D eigenvalue weighted by Gasteiger charge is -2.23. The fraction of sp³-hybridized carbons (Fsp3) is 0.278. The monoisotopic (exact) mass is 332 g/mol. The predicted molar refractivity (Wildman–Crippen MR) is 94.2 cm³/mol. The maximum atomic E-state index is 12.3. The molecule has 2 amide bonds. The molecule has 5 heteroatoms. The number of nitrogens with one attached hydrogen (secondary N) is 2. The van der Waals surface area contributed by atoms with Gasteiger partial charge in [-0.1, -0.05) is 55.8 Å². The number of carbonyl (C=O) groups excluding carboxylic acids is 1. The van der Waals surface area contributed by atoms with Crippen molar-refractivity contribution in [2.45, 2.75) is 19.9 Å². The van der Waals surface area contributed by atoms with Crippen molar-refractivity contribution < 1.29 is 9.53 Å². The van der Waals surface area contributed by atoms with Crippen LogP contribution in [0, 0.1) is 5.92 Å². The Morgan fingerprint density at radius 2 is 1.83 bits per heavy atom. The summed E-state index contributed by atoms with van der Waals surface area (Å²) < 4.78 is 5.10. The lowest BCUT2D eigenvalue weighted by atomic mass is 9.96. The van der Waals surface area contributed by atoms with Crippen LogP contribution in [0.3, 0.4) is 0 Å². The Kier molecular flexibility index (Phi) is 5.88. The number of carbonyl (C=O) groups is 1. The molecular formula is C18H21ClN2O2. The van der Waals surface area contributed by atoms with Crippen molar-refractivity contribution in [2.24, 2.45) is 5.92 Å². The number of hydrogen-bond acceptors (Lipinski definition) is 2. The standard InChI is InChI=1S/C18H21ClN2O2/c1-12(2)17(13-7-5-4-6-8-13)21-18(22)20-14-9-10-16(23-3)15(19)11-14/h4-12,17H,1-3H3,(H2,20,21,22). The number of methoxy groups -OCH3 is 1. The first-order valence-electron chi connectivity index (χ1n) is 7.47. The predicted octanol–water partition coefficient (Wildman–Crippen LogP) is 4.87. The van der Waals surface area contributed by atoms with Crippen molar-refractivity contribution >= 4 is 23.3 Å². The maximum absolute atomic E-state index is 12.3. The van der Waals surface area contributed by atoms with Gasteiger partial charge in [0.05, 0.1) is 18.2 Å². The van der Waals surface area contributed by atoms with Crippen LogP contribution < -0.4 is 15.4 Å². The van der Waals surface area contributed by atoms with E-state index < -0.39 is 0 Å². The first kappa shape index (κ1) is 17.2. The Morgan fingerprint density at radius 3 is 2.39 bits per heavy atom. The first-order valence-corrected chi connectivity index (χ1v) is 7.85. The first-order chi connectivity index (χ1) is 11.0. The quantitative estimate of drug-likeness (QED) is 0.820. The van der Waals surface area contributed by atoms with E-state index in [1.807, 2.05) is 30.3 Å². The minimum absolute atomic E-state index is 0.0649. The molecule has 0 aliphatic rings. The Bertz CT molecular complexity index is 659. The van der Waals surface area contributed by atoms with Crippen molar-refractivity contribution in [3.63, 3.8) is 0 Å². The molecule has 0 saturated carbocycles. The average molecular weight is 333 g/mol. The molecule has 2 rings (SSSR count). The smallest absolute Gasteiger partial charge is 0.319 e. The fourth-order valence-corrected chi connectivity index (χ4v) is 2.61. The van der Waals surface area contributed by atoms with E-state index in [1.54, 1.807) is 25.3 Å². The van der Waals surface area contributed by atoms with Gasteiger partial charge < -0.3 is 15.4 Å². The van der Waals surface area contributed by atoms with Gasteiger partial charge in [0.15, 0.2) is 0 Å². The van der Waals surface area contributed by atoms with Crippen LogP contribution in [0.1, 0.15) is 25.5 Å². The molecule has 0 fully saturated rings. The Balaban J connectivity index is 2.06. The second-order valence-electron chi connectivity index (χ2n) is 5.58. The van der Waals surface area contributed by atoms with E-state index in [1.165, 1.54) is 0 Å². The van der Waals surface area contributed by atoms with Gasteiger partial charge >= 0.3 is 6.03 Å². The third-order valence-corrected chi connectivity index (χ3v) is 3.82. The van der Waals surface area contributed by atoms with E-state index in [9.17, 15) is 4.79 Å². The number of rotatable bonds is 5. The highest BCUT2D eigenvalue weighted by Gasteiger charge is 2.18. The molecule has 23 heavy (non-hydrogen) atoms. The molecule has 0 radical (unpaired) electrons. The lowest BCUT2D eigenvalue weighted by molar-refractivity contribution is 0.244. The molecule has 0 bridgehead atoms. The molecule has 2 aromatic rings. The molecule has 2 aromatic carbocycles. The Labute approximate surface area is 141 Å². The highest BCUT2D eigenvalue weighted by Crippen LogP contribution is 2.27. The van der Waals surface area contributed by atoms with E-state index in [-0.39, 0.29) is 18.0 Å². The molecule has 4 nitrogen and oxygen atoms in total. The van der Waals surface area contributed by atoms with Crippen LogP contribution in [0.2, 0.25) is 5.02 Å². The molecule has 2 N–H and O–H groups in total. The van der Waals surface area contributed by atoms with Gasteiger partial charge in [0.1, 0.15) is 5.75 Å². The number of benzene rings is 2. The maximum Gasteiger partial charge on any atom is 0.319 e. The molecule has 0 aliphatic carbocycles. The summed E-state index contributed by atoms with van der Waals surface area (Å²) in [5.74, 6) is 0.838. The molecule has 0 aromatic heterocycles. The van der Waals surface area contributed by atoms with Crippen molar-refractivity contribution in [3.05, 3.63) is 59.1 Å². The number of hydrogen-bond donors (Lipinski definition) is 2. The number of ether oxygens (including phenoxy) is 1. The second kappa shape index (κ2) is 7.88. The van der Waals surface area contributed by atoms with Gasteiger partial charge in [-0.15, -0.1) is 0 Å². The summed E-state index contributed by atoms with van der Waals surface area (Å²) in [4.78, 5) is 12.3. The third-order valence-electron chi connectivity index (χ3n) is 3.52. The normalized spacial score (nSPS) is 11.9. The van der Waals surface area contributed by atoms with E-state index in [0.29, 0.717) is 16.5 Å². The largest absolute Gasteiger partial charge is 0.495 e. The van der Waals surface area contributed by atoms with Gasteiger partial charge in [-0.3, -0.25) is 0 Å². The van der Waals surface area contributed by atoms with Crippen LogP contribution in [0.15, 0.2) is 48.5 Å². The fourth-order valence-electron chi connectivity index (χ4n) is 2.35. The zero-order chi connectivity index (χ0) is 16.8. The third kappa shape index (κ3) is 4.63. The number of halogens is 1. The van der Waals surface area contributed by atoms with Crippen molar-refractivity contribution in [1.29, 1.82) is 0 Å². The van der Waals surface area contributed by atoms with Gasteiger partial charge in [0, 0.05) is 5.69 Å². The van der Waals surface area contributed by atoms with Gasteiger partial charge in [-0.05, 0) is 29.7 Å². The van der Waals surface area contributed by atoms with E-state index in [2.05, 4.69) is 24.5 Å². The summed E-state index contributed by atoms with van der Waals surface area (Å²) in [5.41, 5.74) is 1.69. The SMILES string of the molecule is COc1ccc(NC(=O)NC(c2ccccc2)C(C)C)cc1Cl. The molecule has 0 saturated heterocycles. The zero-order valence-corrected chi connectivity index (χ0v) is 14.2. The summed E-state index contributed by atoms with van der Waals surface area (Å²) >= 11 is 6.07. The van der Waals surface area contributed by atoms with E-state index >= 15 is 0 Å². The molecule has 1 unspecified atom stereocenters. The van der Waals surface area contributed by atoms with Gasteiger partial charge in [-0.2, -0.15) is 0 Å². The van der Waals surface area contributed by atoms with Crippen LogP contribution in [0.4, 0.5) is 10.5 Å². The van der Waals surface area contributed by atoms with Gasteiger partial charge in [0.2, 0.25) is 0 Å². The zero-order valence-electron chi connectivity index (χ0n) is 13.5. The van der Waals surface area contributed by atoms with Crippen LogP contribution >= 0.6 is 11.6 Å². The number of anilines is 1. The highest BCUT2D eigenvalue weighted by atomic mass is 35.5. The minimum Gasteiger partial charge on any atom is -0.495 e. The lowest BCUT2D eigenvalue weighted by Crippen LogP contribution is -2.35. The highest BCUT2D eigenvalue weighted by molar-refractivity contribution is 6.32. The molecule has 122 valence electrons. The summed E-state index contributed by atoms with van der Waals surface area (Å²) in [7, 11) is 1.55. The van der Waals surface area contributed by atoms with Crippen molar-refractivity contribution in [1.82, 2.24) is 5.32 Å². The molecule has 0 spiro atoms. The summed E-state index contributed by atoms with van der Waals surface area (Å²) in [6, 6.07) is 14.7. The van der Waals surface area contributed by atoms with Crippen molar-refractivity contribution in [2.75, 3.05) is 12.4 Å². The minimum atomic E-state index is -0.270. The topological polar surface area (TPSA) is 50.4 Å². The van der Waals surface area contributed by atoms with Crippen molar-refractivity contribution in [3.8, 4) is 5.75 Å². The van der Waals surface area contributed by atoms with E-state index in [0.717, 1.165) is 5.56 Å². The Hall–Kier alpha value is -2.20. The number of urea groups is 1. The van der Waals surface area contributed by atoms with Crippen LogP contribution in [0.5, 0.6) is 5.75 Å². The average Bonchev–Trinajstić information content (AvgIpc) is 2.53. The van der Waals surface area contributed by atoms with E-state index in [4.69, 9.17) is 16.3 Å².